The van der Waals surface area contributed by atoms with Crippen molar-refractivity contribution in [1.29, 1.82) is 0 Å². The molecule has 1 saturated heterocycles. The van der Waals surface area contributed by atoms with Gasteiger partial charge < -0.3 is 10.6 Å². The molecule has 1 fully saturated rings. The minimum absolute atomic E-state index is 0.0593. The fraction of sp³-hybridized carbons (Fsp3) is 0.750. The normalized spacial score (nSPS) is 21.4. The number of likely N-dealkylation sites (N-methyl/N-ethyl adjacent to an activating group) is 1. The van der Waals surface area contributed by atoms with E-state index in [1.54, 1.807) is 11.3 Å². The molecule has 4 nitrogen and oxygen atoms in total. The third-order valence-electron chi connectivity index (χ3n) is 3.16. The zero-order chi connectivity index (χ0) is 12.3. The Morgan fingerprint density at radius 3 is 2.94 bits per heavy atom. The Kier molecular flexibility index (Phi) is 4.50. The first-order valence-corrected chi connectivity index (χ1v) is 7.14. The standard InChI is InChI=1S/C12H22N4S/c1-10(13)12-14-11(9-17-12)8-16-5-3-4-15(2)6-7-16/h9-10H,3-8,13H2,1-2H3. The third-order valence-corrected chi connectivity index (χ3v) is 4.25. The third kappa shape index (κ3) is 3.74. The van der Waals surface area contributed by atoms with Crippen molar-refractivity contribution in [3.05, 3.63) is 16.1 Å². The molecular weight excluding hydrogens is 232 g/mol. The summed E-state index contributed by atoms with van der Waals surface area (Å²) in [4.78, 5) is 9.48. The molecule has 1 aromatic heterocycles. The molecule has 5 heteroatoms. The predicted molar refractivity (Wildman–Crippen MR) is 72.1 cm³/mol. The second-order valence-corrected chi connectivity index (χ2v) is 5.79. The number of thiazole rings is 1. The van der Waals surface area contributed by atoms with E-state index in [0.29, 0.717) is 0 Å². The molecule has 0 radical (unpaired) electrons. The highest BCUT2D eigenvalue weighted by molar-refractivity contribution is 7.09. The smallest absolute Gasteiger partial charge is 0.109 e. The fourth-order valence-electron chi connectivity index (χ4n) is 2.09. The zero-order valence-electron chi connectivity index (χ0n) is 10.7. The maximum absolute atomic E-state index is 5.83. The van der Waals surface area contributed by atoms with E-state index in [0.717, 1.165) is 24.6 Å². The van der Waals surface area contributed by atoms with Gasteiger partial charge in [-0.1, -0.05) is 0 Å². The number of aromatic nitrogens is 1. The largest absolute Gasteiger partial charge is 0.322 e. The van der Waals surface area contributed by atoms with Gasteiger partial charge in [-0.05, 0) is 33.5 Å². The molecular formula is C12H22N4S. The van der Waals surface area contributed by atoms with E-state index in [4.69, 9.17) is 5.73 Å². The Hall–Kier alpha value is -0.490. The van der Waals surface area contributed by atoms with Crippen LogP contribution in [0.5, 0.6) is 0 Å². The van der Waals surface area contributed by atoms with Gasteiger partial charge in [-0.15, -0.1) is 11.3 Å². The molecule has 1 unspecified atom stereocenters. The van der Waals surface area contributed by atoms with Crippen molar-refractivity contribution in [3.63, 3.8) is 0 Å². The van der Waals surface area contributed by atoms with Crippen LogP contribution in [0.4, 0.5) is 0 Å². The molecule has 0 aliphatic carbocycles. The molecule has 2 heterocycles. The van der Waals surface area contributed by atoms with E-state index in [2.05, 4.69) is 27.2 Å². The minimum Gasteiger partial charge on any atom is -0.322 e. The van der Waals surface area contributed by atoms with Crippen molar-refractivity contribution >= 4 is 11.3 Å². The van der Waals surface area contributed by atoms with Gasteiger partial charge in [-0.25, -0.2) is 4.98 Å². The highest BCUT2D eigenvalue weighted by Gasteiger charge is 2.14. The SMILES string of the molecule is CC(N)c1nc(CN2CCCN(C)CC2)cs1. The molecule has 0 spiro atoms. The van der Waals surface area contributed by atoms with Crippen LogP contribution >= 0.6 is 11.3 Å². The lowest BCUT2D eigenvalue weighted by atomic mass is 10.3. The van der Waals surface area contributed by atoms with Gasteiger partial charge in [0.15, 0.2) is 0 Å². The summed E-state index contributed by atoms with van der Waals surface area (Å²) in [6.07, 6.45) is 1.25. The summed E-state index contributed by atoms with van der Waals surface area (Å²) in [7, 11) is 2.19. The fourth-order valence-corrected chi connectivity index (χ4v) is 2.86. The number of hydrogen-bond acceptors (Lipinski definition) is 5. The van der Waals surface area contributed by atoms with E-state index >= 15 is 0 Å². The van der Waals surface area contributed by atoms with Crippen LogP contribution in [-0.2, 0) is 6.54 Å². The highest BCUT2D eigenvalue weighted by Crippen LogP contribution is 2.17. The maximum atomic E-state index is 5.83. The zero-order valence-corrected chi connectivity index (χ0v) is 11.5. The van der Waals surface area contributed by atoms with Crippen molar-refractivity contribution < 1.29 is 0 Å². The Balaban J connectivity index is 1.90. The van der Waals surface area contributed by atoms with Gasteiger partial charge in [0.05, 0.1) is 11.7 Å². The van der Waals surface area contributed by atoms with E-state index in [1.165, 1.54) is 25.2 Å². The molecule has 17 heavy (non-hydrogen) atoms. The first-order chi connectivity index (χ1) is 8.15. The number of hydrogen-bond donors (Lipinski definition) is 1. The van der Waals surface area contributed by atoms with Gasteiger partial charge in [0.25, 0.3) is 0 Å². The van der Waals surface area contributed by atoms with Crippen molar-refractivity contribution in [3.8, 4) is 0 Å². The second kappa shape index (κ2) is 5.91. The average molecular weight is 254 g/mol. The summed E-state index contributed by atoms with van der Waals surface area (Å²) < 4.78 is 0. The monoisotopic (exact) mass is 254 g/mol. The number of rotatable bonds is 3. The van der Waals surface area contributed by atoms with Crippen LogP contribution in [0.1, 0.15) is 30.1 Å². The summed E-state index contributed by atoms with van der Waals surface area (Å²) >= 11 is 1.68. The van der Waals surface area contributed by atoms with Crippen LogP contribution in [0.2, 0.25) is 0 Å². The van der Waals surface area contributed by atoms with Gasteiger partial charge in [0.2, 0.25) is 0 Å². The van der Waals surface area contributed by atoms with E-state index in [-0.39, 0.29) is 6.04 Å². The molecule has 96 valence electrons. The van der Waals surface area contributed by atoms with Crippen LogP contribution in [0.25, 0.3) is 0 Å². The van der Waals surface area contributed by atoms with Gasteiger partial charge >= 0.3 is 0 Å². The van der Waals surface area contributed by atoms with E-state index in [1.807, 2.05) is 6.92 Å². The maximum Gasteiger partial charge on any atom is 0.109 e. The van der Waals surface area contributed by atoms with Crippen LogP contribution in [0.15, 0.2) is 5.38 Å². The Labute approximate surface area is 107 Å². The first kappa shape index (κ1) is 13.0. The lowest BCUT2D eigenvalue weighted by molar-refractivity contribution is 0.267. The molecule has 0 aromatic carbocycles. The number of nitrogens with two attached hydrogens (primary N) is 1. The van der Waals surface area contributed by atoms with Gasteiger partial charge in [-0.2, -0.15) is 0 Å². The summed E-state index contributed by atoms with van der Waals surface area (Å²) in [6, 6.07) is 0.0593. The van der Waals surface area contributed by atoms with Crippen molar-refractivity contribution in [2.24, 2.45) is 5.73 Å². The van der Waals surface area contributed by atoms with Crippen molar-refractivity contribution in [2.45, 2.75) is 25.9 Å². The Morgan fingerprint density at radius 1 is 1.41 bits per heavy atom. The van der Waals surface area contributed by atoms with Crippen LogP contribution in [-0.4, -0.2) is 48.0 Å². The number of nitrogens with zero attached hydrogens (tertiary/aromatic N) is 3. The molecule has 0 bridgehead atoms. The summed E-state index contributed by atoms with van der Waals surface area (Å²) in [5.74, 6) is 0. The molecule has 1 aromatic rings. The summed E-state index contributed by atoms with van der Waals surface area (Å²) in [5, 5.41) is 3.19. The van der Waals surface area contributed by atoms with Gasteiger partial charge in [0.1, 0.15) is 5.01 Å². The van der Waals surface area contributed by atoms with E-state index in [9.17, 15) is 0 Å². The Morgan fingerprint density at radius 2 is 2.24 bits per heavy atom. The molecule has 0 amide bonds. The van der Waals surface area contributed by atoms with Gasteiger partial charge in [0, 0.05) is 25.0 Å². The van der Waals surface area contributed by atoms with Crippen molar-refractivity contribution in [1.82, 2.24) is 14.8 Å². The minimum atomic E-state index is 0.0593. The summed E-state index contributed by atoms with van der Waals surface area (Å²) in [5.41, 5.74) is 7.00. The second-order valence-electron chi connectivity index (χ2n) is 4.90. The topological polar surface area (TPSA) is 45.4 Å². The highest BCUT2D eigenvalue weighted by atomic mass is 32.1. The molecule has 1 aliphatic rings. The molecule has 2 rings (SSSR count). The molecule has 1 atom stereocenters. The van der Waals surface area contributed by atoms with Crippen LogP contribution in [0, 0.1) is 0 Å². The van der Waals surface area contributed by atoms with Crippen LogP contribution in [0.3, 0.4) is 0 Å². The first-order valence-electron chi connectivity index (χ1n) is 6.26. The lowest BCUT2D eigenvalue weighted by Gasteiger charge is -2.18. The lowest BCUT2D eigenvalue weighted by Crippen LogP contribution is -2.28. The quantitative estimate of drug-likeness (QED) is 0.883. The van der Waals surface area contributed by atoms with Gasteiger partial charge in [-0.3, -0.25) is 4.90 Å². The molecule has 1 aliphatic heterocycles. The predicted octanol–water partition coefficient (Wildman–Crippen LogP) is 1.30. The molecule has 2 N–H and O–H groups in total. The Bertz CT molecular complexity index is 350. The average Bonchev–Trinajstić information content (AvgIpc) is 2.65. The van der Waals surface area contributed by atoms with Crippen molar-refractivity contribution in [2.75, 3.05) is 33.2 Å². The molecule has 0 saturated carbocycles. The van der Waals surface area contributed by atoms with Crippen LogP contribution < -0.4 is 5.73 Å². The summed E-state index contributed by atoms with van der Waals surface area (Å²) in [6.45, 7) is 7.64. The van der Waals surface area contributed by atoms with E-state index < -0.39 is 0 Å².